The van der Waals surface area contributed by atoms with E-state index >= 15 is 0 Å². The summed E-state index contributed by atoms with van der Waals surface area (Å²) >= 11 is 0. The minimum atomic E-state index is -1.02. The summed E-state index contributed by atoms with van der Waals surface area (Å²) < 4.78 is 4.57. The highest BCUT2D eigenvalue weighted by molar-refractivity contribution is 5.84. The molecule has 1 aromatic heterocycles. The fourth-order valence-electron chi connectivity index (χ4n) is 1.28. The van der Waals surface area contributed by atoms with E-state index in [-0.39, 0.29) is 12.3 Å². The number of carbonyl (C=O) groups is 2. The van der Waals surface area contributed by atoms with Crippen molar-refractivity contribution in [3.8, 4) is 0 Å². The minimum absolute atomic E-state index is 0.0317. The molecule has 0 saturated heterocycles. The lowest BCUT2D eigenvalue weighted by Crippen LogP contribution is -2.41. The number of hydrogen-bond acceptors (Lipinski definition) is 4. The minimum Gasteiger partial charge on any atom is -0.480 e. The molecular formula is C10H14N2O4. The van der Waals surface area contributed by atoms with E-state index in [9.17, 15) is 9.59 Å². The lowest BCUT2D eigenvalue weighted by molar-refractivity contribution is -0.141. The van der Waals surface area contributed by atoms with Crippen LogP contribution >= 0.6 is 0 Å². The molecule has 1 unspecified atom stereocenters. The molecule has 0 bridgehead atoms. The zero-order valence-corrected chi connectivity index (χ0v) is 8.97. The first-order valence-electron chi connectivity index (χ1n) is 5.05. The molecule has 0 spiro atoms. The molecule has 88 valence electrons. The Bertz CT molecular complexity index is 348. The Morgan fingerprint density at radius 1 is 1.62 bits per heavy atom. The Kier molecular flexibility index (Phi) is 4.50. The third-order valence-corrected chi connectivity index (χ3v) is 2.04. The first-order valence-corrected chi connectivity index (χ1v) is 5.05. The first kappa shape index (κ1) is 12.2. The summed E-state index contributed by atoms with van der Waals surface area (Å²) in [6.45, 7) is 1.86. The summed E-state index contributed by atoms with van der Waals surface area (Å²) in [5, 5.41) is 14.8. The fourth-order valence-corrected chi connectivity index (χ4v) is 1.28. The molecule has 2 N–H and O–H groups in total. The quantitative estimate of drug-likeness (QED) is 0.740. The van der Waals surface area contributed by atoms with E-state index in [1.165, 1.54) is 6.26 Å². The van der Waals surface area contributed by atoms with Crippen LogP contribution in [-0.4, -0.2) is 28.2 Å². The number of carboxylic acid groups (broad SMARTS) is 1. The molecule has 1 atom stereocenters. The number of nitrogens with one attached hydrogen (secondary N) is 1. The Morgan fingerprint density at radius 2 is 2.38 bits per heavy atom. The van der Waals surface area contributed by atoms with Crippen LogP contribution in [0.1, 0.15) is 25.5 Å². The van der Waals surface area contributed by atoms with Gasteiger partial charge in [0.05, 0.1) is 12.1 Å². The summed E-state index contributed by atoms with van der Waals surface area (Å²) in [6, 6.07) is 0.735. The van der Waals surface area contributed by atoms with Crippen LogP contribution in [0.5, 0.6) is 0 Å². The van der Waals surface area contributed by atoms with Crippen molar-refractivity contribution in [1.82, 2.24) is 10.5 Å². The van der Waals surface area contributed by atoms with Crippen LogP contribution in [0.25, 0.3) is 0 Å². The monoisotopic (exact) mass is 226 g/mol. The van der Waals surface area contributed by atoms with E-state index in [0.29, 0.717) is 18.5 Å². The molecule has 1 rings (SSSR count). The summed E-state index contributed by atoms with van der Waals surface area (Å²) in [5.74, 6) is -1.38. The van der Waals surface area contributed by atoms with Gasteiger partial charge in [-0.1, -0.05) is 18.5 Å². The van der Waals surface area contributed by atoms with Gasteiger partial charge in [0.15, 0.2) is 0 Å². The van der Waals surface area contributed by atoms with Crippen molar-refractivity contribution in [2.45, 2.75) is 32.2 Å². The second-order valence-corrected chi connectivity index (χ2v) is 3.41. The molecule has 1 amide bonds. The second kappa shape index (κ2) is 5.89. The summed E-state index contributed by atoms with van der Waals surface area (Å²) in [7, 11) is 0. The smallest absolute Gasteiger partial charge is 0.326 e. The standard InChI is InChI=1S/C10H14N2O4/c1-2-3-8(10(14)15)11-9(13)6-7-4-5-16-12-7/h4-5,8H,2-3,6H2,1H3,(H,11,13)(H,14,15). The summed E-state index contributed by atoms with van der Waals surface area (Å²) in [4.78, 5) is 22.2. The van der Waals surface area contributed by atoms with Gasteiger partial charge in [-0.15, -0.1) is 0 Å². The SMILES string of the molecule is CCCC(NC(=O)Cc1ccon1)C(=O)O. The van der Waals surface area contributed by atoms with Crippen molar-refractivity contribution >= 4 is 11.9 Å². The fraction of sp³-hybridized carbons (Fsp3) is 0.500. The molecule has 6 nitrogen and oxygen atoms in total. The maximum atomic E-state index is 11.4. The molecule has 0 aliphatic heterocycles. The largest absolute Gasteiger partial charge is 0.480 e. The van der Waals surface area contributed by atoms with Gasteiger partial charge in [-0.3, -0.25) is 4.79 Å². The Balaban J connectivity index is 2.45. The average molecular weight is 226 g/mol. The molecule has 0 fully saturated rings. The van der Waals surface area contributed by atoms with Crippen LogP contribution in [0.15, 0.2) is 16.9 Å². The molecule has 1 heterocycles. The van der Waals surface area contributed by atoms with Gasteiger partial charge < -0.3 is 14.9 Å². The number of nitrogens with zero attached hydrogens (tertiary/aromatic N) is 1. The zero-order chi connectivity index (χ0) is 12.0. The van der Waals surface area contributed by atoms with E-state index in [2.05, 4.69) is 15.0 Å². The highest BCUT2D eigenvalue weighted by atomic mass is 16.5. The van der Waals surface area contributed by atoms with Crippen LogP contribution in [0.4, 0.5) is 0 Å². The third-order valence-electron chi connectivity index (χ3n) is 2.04. The molecular weight excluding hydrogens is 212 g/mol. The lowest BCUT2D eigenvalue weighted by Gasteiger charge is -2.12. The summed E-state index contributed by atoms with van der Waals surface area (Å²) in [6.07, 6.45) is 2.51. The molecule has 0 aromatic carbocycles. The Morgan fingerprint density at radius 3 is 2.88 bits per heavy atom. The van der Waals surface area contributed by atoms with Crippen LogP contribution in [0, 0.1) is 0 Å². The summed E-state index contributed by atoms with van der Waals surface area (Å²) in [5.41, 5.74) is 0.484. The number of rotatable bonds is 6. The Labute approximate surface area is 92.6 Å². The molecule has 1 aromatic rings. The molecule has 0 aliphatic carbocycles. The molecule has 16 heavy (non-hydrogen) atoms. The van der Waals surface area contributed by atoms with Crippen molar-refractivity contribution in [3.05, 3.63) is 18.0 Å². The van der Waals surface area contributed by atoms with Crippen molar-refractivity contribution in [2.24, 2.45) is 0 Å². The first-order chi connectivity index (χ1) is 7.63. The van der Waals surface area contributed by atoms with E-state index < -0.39 is 12.0 Å². The van der Waals surface area contributed by atoms with Crippen LogP contribution < -0.4 is 5.32 Å². The van der Waals surface area contributed by atoms with Gasteiger partial charge in [0.2, 0.25) is 5.91 Å². The Hall–Kier alpha value is -1.85. The molecule has 0 saturated carbocycles. The normalized spacial score (nSPS) is 12.1. The van der Waals surface area contributed by atoms with Gasteiger partial charge in [0.1, 0.15) is 12.3 Å². The second-order valence-electron chi connectivity index (χ2n) is 3.41. The number of aromatic nitrogens is 1. The molecule has 6 heteroatoms. The van der Waals surface area contributed by atoms with E-state index in [4.69, 9.17) is 5.11 Å². The van der Waals surface area contributed by atoms with E-state index in [1.54, 1.807) is 6.07 Å². The highest BCUT2D eigenvalue weighted by Gasteiger charge is 2.19. The number of carbonyl (C=O) groups excluding carboxylic acids is 1. The van der Waals surface area contributed by atoms with Crippen molar-refractivity contribution in [2.75, 3.05) is 0 Å². The number of aliphatic carboxylic acids is 1. The van der Waals surface area contributed by atoms with Gasteiger partial charge in [-0.2, -0.15) is 0 Å². The van der Waals surface area contributed by atoms with E-state index in [0.717, 1.165) is 0 Å². The highest BCUT2D eigenvalue weighted by Crippen LogP contribution is 1.99. The zero-order valence-electron chi connectivity index (χ0n) is 8.97. The van der Waals surface area contributed by atoms with Gasteiger partial charge in [-0.05, 0) is 6.42 Å². The maximum absolute atomic E-state index is 11.4. The topological polar surface area (TPSA) is 92.4 Å². The van der Waals surface area contributed by atoms with Crippen LogP contribution in [-0.2, 0) is 16.0 Å². The van der Waals surface area contributed by atoms with Crippen molar-refractivity contribution in [1.29, 1.82) is 0 Å². The van der Waals surface area contributed by atoms with Gasteiger partial charge in [-0.25, -0.2) is 4.79 Å². The number of amides is 1. The number of carboxylic acids is 1. The maximum Gasteiger partial charge on any atom is 0.326 e. The van der Waals surface area contributed by atoms with Gasteiger partial charge in [0, 0.05) is 6.07 Å². The van der Waals surface area contributed by atoms with Crippen LogP contribution in [0.2, 0.25) is 0 Å². The molecule has 0 radical (unpaired) electrons. The van der Waals surface area contributed by atoms with Gasteiger partial charge >= 0.3 is 5.97 Å². The third kappa shape index (κ3) is 3.72. The van der Waals surface area contributed by atoms with Gasteiger partial charge in [0.25, 0.3) is 0 Å². The van der Waals surface area contributed by atoms with E-state index in [1.807, 2.05) is 6.92 Å². The lowest BCUT2D eigenvalue weighted by atomic mass is 10.1. The van der Waals surface area contributed by atoms with Crippen molar-refractivity contribution in [3.63, 3.8) is 0 Å². The van der Waals surface area contributed by atoms with Crippen LogP contribution in [0.3, 0.4) is 0 Å². The average Bonchev–Trinajstić information content (AvgIpc) is 2.69. The number of hydrogen-bond donors (Lipinski definition) is 2. The molecule has 0 aliphatic rings. The predicted molar refractivity (Wildman–Crippen MR) is 54.7 cm³/mol. The predicted octanol–water partition coefficient (Wildman–Crippen LogP) is 0.587. The van der Waals surface area contributed by atoms with Crippen molar-refractivity contribution < 1.29 is 19.2 Å².